The average molecular weight is 490 g/mol. The Kier molecular flexibility index (Phi) is 7.41. The summed E-state index contributed by atoms with van der Waals surface area (Å²) in [5.41, 5.74) is 4.49. The van der Waals surface area contributed by atoms with Crippen molar-refractivity contribution in [1.29, 1.82) is 0 Å². The number of hydrogen-bond acceptors (Lipinski definition) is 2. The van der Waals surface area contributed by atoms with Gasteiger partial charge in [0.1, 0.15) is 5.75 Å². The van der Waals surface area contributed by atoms with Crippen molar-refractivity contribution in [3.8, 4) is 5.75 Å². The number of fused-ring (bicyclic) bond motifs is 1. The molecule has 2 nitrogen and oxygen atoms in total. The van der Waals surface area contributed by atoms with Crippen molar-refractivity contribution < 1.29 is 4.74 Å². The number of rotatable bonds is 7. The molecule has 0 aromatic heterocycles. The average Bonchev–Trinajstić information content (AvgIpc) is 3.24. The molecule has 1 fully saturated rings. The van der Waals surface area contributed by atoms with E-state index in [1.54, 1.807) is 0 Å². The highest BCUT2D eigenvalue weighted by Crippen LogP contribution is 2.89. The maximum atomic E-state index is 6.22. The zero-order valence-electron chi connectivity index (χ0n) is 20.5. The van der Waals surface area contributed by atoms with Gasteiger partial charge >= 0.3 is 0 Å². The number of para-hydroxylation sites is 1. The van der Waals surface area contributed by atoms with E-state index in [1.807, 2.05) is 0 Å². The van der Waals surface area contributed by atoms with Crippen LogP contribution in [0, 0.1) is 6.66 Å². The van der Waals surface area contributed by atoms with Gasteiger partial charge in [0.25, 0.3) is 0 Å². The highest BCUT2D eigenvalue weighted by molar-refractivity contribution is 7.85. The van der Waals surface area contributed by atoms with Crippen LogP contribution in [0.2, 0.25) is 0 Å². The van der Waals surface area contributed by atoms with E-state index in [2.05, 4.69) is 103 Å². The minimum Gasteiger partial charge on any atom is -0.492 e. The lowest BCUT2D eigenvalue weighted by molar-refractivity contribution is 0.315. The Bertz CT molecular complexity index is 1030. The third-order valence-electron chi connectivity index (χ3n) is 7.56. The van der Waals surface area contributed by atoms with Gasteiger partial charge in [-0.15, -0.1) is 0 Å². The molecule has 0 N–H and O–H groups in total. The monoisotopic (exact) mass is 489 g/mol. The van der Waals surface area contributed by atoms with E-state index in [1.165, 1.54) is 42.1 Å². The summed E-state index contributed by atoms with van der Waals surface area (Å²) in [4.78, 5) is 0. The number of benzene rings is 3. The van der Waals surface area contributed by atoms with Gasteiger partial charge in [0, 0.05) is 25.6 Å². The first kappa shape index (κ1) is 24.0. The van der Waals surface area contributed by atoms with Crippen molar-refractivity contribution in [1.82, 2.24) is 4.44 Å². The van der Waals surface area contributed by atoms with E-state index >= 15 is 0 Å². The first-order chi connectivity index (χ1) is 16.6. The zero-order chi connectivity index (χ0) is 23.5. The van der Waals surface area contributed by atoms with Gasteiger partial charge in [-0.25, -0.2) is 0 Å². The summed E-state index contributed by atoms with van der Waals surface area (Å²) in [5.74, 6) is 1.09. The van der Waals surface area contributed by atoms with E-state index in [9.17, 15) is 0 Å². The second-order valence-corrected chi connectivity index (χ2v) is 16.1. The van der Waals surface area contributed by atoms with Crippen molar-refractivity contribution in [3.63, 3.8) is 0 Å². The molecule has 4 atom stereocenters. The molecule has 2 heterocycles. The molecule has 5 rings (SSSR count). The summed E-state index contributed by atoms with van der Waals surface area (Å²) in [7, 11) is -2.35. The SMILES string of the molecule is [CH2-][P+]1(N(CCCC)P2c3ccccc3OC[C@@H]2C)[C@H](c2ccccc2)CC[C@H]1c1ccccc1. The van der Waals surface area contributed by atoms with Gasteiger partial charge in [0.2, 0.25) is 0 Å². The van der Waals surface area contributed by atoms with E-state index in [0.717, 1.165) is 18.9 Å². The fourth-order valence-corrected chi connectivity index (χ4v) is 15.4. The molecule has 3 aromatic rings. The number of ether oxygens (including phenoxy) is 1. The third-order valence-corrected chi connectivity index (χ3v) is 16.0. The molecule has 34 heavy (non-hydrogen) atoms. The number of unbranched alkanes of at least 4 members (excludes halogenated alkanes) is 1. The minimum absolute atomic E-state index is 0.494. The van der Waals surface area contributed by atoms with Gasteiger partial charge in [-0.3, -0.25) is 0 Å². The number of nitrogens with zero attached hydrogens (tertiary/aromatic N) is 1. The van der Waals surface area contributed by atoms with E-state index < -0.39 is 15.5 Å². The van der Waals surface area contributed by atoms with Gasteiger partial charge in [-0.2, -0.15) is 11.1 Å². The smallest absolute Gasteiger partial charge is 0.128 e. The first-order valence-electron chi connectivity index (χ1n) is 12.8. The molecule has 178 valence electrons. The molecule has 3 aromatic carbocycles. The van der Waals surface area contributed by atoms with E-state index in [0.29, 0.717) is 17.0 Å². The van der Waals surface area contributed by atoms with Gasteiger partial charge in [-0.1, -0.05) is 93.1 Å². The number of hydrogen-bond donors (Lipinski definition) is 0. The summed E-state index contributed by atoms with van der Waals surface area (Å²) in [6.07, 6.45) is 4.87. The minimum atomic E-state index is -1.83. The van der Waals surface area contributed by atoms with Crippen LogP contribution < -0.4 is 10.0 Å². The summed E-state index contributed by atoms with van der Waals surface area (Å²) >= 11 is 0. The van der Waals surface area contributed by atoms with E-state index in [-0.39, 0.29) is 0 Å². The fraction of sp³-hybridized carbons (Fsp3) is 0.367. The normalized spacial score (nSPS) is 25.6. The Hall–Kier alpha value is -1.72. The second kappa shape index (κ2) is 10.5. The topological polar surface area (TPSA) is 12.5 Å². The lowest BCUT2D eigenvalue weighted by atomic mass is 10.0. The van der Waals surface area contributed by atoms with Crippen LogP contribution in [0.1, 0.15) is 62.0 Å². The van der Waals surface area contributed by atoms with Crippen molar-refractivity contribution in [2.45, 2.75) is 56.5 Å². The van der Waals surface area contributed by atoms with Crippen LogP contribution in [0.15, 0.2) is 84.9 Å². The van der Waals surface area contributed by atoms with Crippen LogP contribution in [0.25, 0.3) is 0 Å². The summed E-state index contributed by atoms with van der Waals surface area (Å²) in [5, 5.41) is 1.42. The molecule has 0 aliphatic carbocycles. The highest BCUT2D eigenvalue weighted by atomic mass is 31.2. The highest BCUT2D eigenvalue weighted by Gasteiger charge is 2.56. The predicted molar refractivity (Wildman–Crippen MR) is 149 cm³/mol. The Labute approximate surface area is 207 Å². The van der Waals surface area contributed by atoms with Crippen molar-refractivity contribution in [3.05, 3.63) is 103 Å². The summed E-state index contributed by atoms with van der Waals surface area (Å²) in [6.45, 7) is 12.0. The molecule has 0 radical (unpaired) electrons. The van der Waals surface area contributed by atoms with Gasteiger partial charge in [-0.05, 0) is 49.9 Å². The molecule has 1 unspecified atom stereocenters. The molecule has 0 spiro atoms. The Morgan fingerprint density at radius 2 is 1.44 bits per heavy atom. The summed E-state index contributed by atoms with van der Waals surface area (Å²) < 4.78 is 9.21. The largest absolute Gasteiger partial charge is 0.492 e. The van der Waals surface area contributed by atoms with Gasteiger partial charge < -0.3 is 4.74 Å². The van der Waals surface area contributed by atoms with Crippen LogP contribution in [0.3, 0.4) is 0 Å². The maximum absolute atomic E-state index is 6.22. The van der Waals surface area contributed by atoms with Crippen molar-refractivity contribution >= 4 is 20.8 Å². The first-order valence-corrected chi connectivity index (χ1v) is 16.2. The molecule has 1 saturated heterocycles. The summed E-state index contributed by atoms with van der Waals surface area (Å²) in [6, 6.07) is 31.3. The van der Waals surface area contributed by atoms with Crippen LogP contribution in [0.5, 0.6) is 5.75 Å². The Morgan fingerprint density at radius 3 is 2.03 bits per heavy atom. The molecule has 0 amide bonds. The standard InChI is InChI=1S/C30H37NOP2/c1-4-5-22-31(33-24(2)23-32-27-18-12-13-19-28(27)33)34(3)29(25-14-8-6-9-15-25)20-21-30(34)26-16-10-7-11-17-26/h6-19,24,29-30H,3-5,20-23H2,1-2H3/t24-,29-,30-,33?/m0/s1. The maximum Gasteiger partial charge on any atom is 0.128 e. The van der Waals surface area contributed by atoms with Crippen molar-refractivity contribution in [2.75, 3.05) is 13.2 Å². The molecule has 0 saturated carbocycles. The Balaban J connectivity index is 1.67. The van der Waals surface area contributed by atoms with Crippen LogP contribution in [-0.4, -0.2) is 23.3 Å². The quantitative estimate of drug-likeness (QED) is 0.243. The molecular formula is C30H37NOP2. The van der Waals surface area contributed by atoms with Crippen molar-refractivity contribution in [2.24, 2.45) is 0 Å². The fourth-order valence-electron chi connectivity index (χ4n) is 5.91. The van der Waals surface area contributed by atoms with Crippen LogP contribution in [-0.2, 0) is 0 Å². The second-order valence-electron chi connectivity index (χ2n) is 9.74. The van der Waals surface area contributed by atoms with Crippen LogP contribution in [0.4, 0.5) is 0 Å². The van der Waals surface area contributed by atoms with Gasteiger partial charge in [0.15, 0.2) is 0 Å². The van der Waals surface area contributed by atoms with E-state index in [4.69, 9.17) is 11.4 Å². The molecular weight excluding hydrogens is 452 g/mol. The Morgan fingerprint density at radius 1 is 0.882 bits per heavy atom. The lowest BCUT2D eigenvalue weighted by Crippen LogP contribution is -2.36. The molecule has 2 aliphatic rings. The van der Waals surface area contributed by atoms with Gasteiger partial charge in [0.05, 0.1) is 17.9 Å². The third kappa shape index (κ3) is 4.35. The predicted octanol–water partition coefficient (Wildman–Crippen LogP) is 8.59. The van der Waals surface area contributed by atoms with Crippen LogP contribution >= 0.6 is 15.5 Å². The molecule has 0 bridgehead atoms. The zero-order valence-corrected chi connectivity index (χ0v) is 22.3. The lowest BCUT2D eigenvalue weighted by Gasteiger charge is -2.51. The molecule has 4 heteroatoms. The molecule has 2 aliphatic heterocycles.